The highest BCUT2D eigenvalue weighted by Gasteiger charge is 2.18. The molecular formula is C15H19FN4. The Labute approximate surface area is 118 Å². The first-order valence-corrected chi connectivity index (χ1v) is 6.94. The molecule has 0 bridgehead atoms. The zero-order valence-corrected chi connectivity index (χ0v) is 11.6. The molecule has 1 aromatic heterocycles. The van der Waals surface area contributed by atoms with Gasteiger partial charge in [-0.2, -0.15) is 5.10 Å². The van der Waals surface area contributed by atoms with Gasteiger partial charge in [0.25, 0.3) is 0 Å². The highest BCUT2D eigenvalue weighted by molar-refractivity contribution is 5.38. The molecule has 0 aliphatic carbocycles. The van der Waals surface area contributed by atoms with Crippen molar-refractivity contribution in [3.8, 4) is 0 Å². The lowest BCUT2D eigenvalue weighted by atomic mass is 10.1. The molecule has 0 unspecified atom stereocenters. The Morgan fingerprint density at radius 2 is 2.20 bits per heavy atom. The number of aryl methyl sites for hydroxylation is 1. The average Bonchev–Trinajstić information content (AvgIpc) is 2.80. The molecule has 0 fully saturated rings. The zero-order valence-electron chi connectivity index (χ0n) is 11.6. The fourth-order valence-electron chi connectivity index (χ4n) is 2.54. The van der Waals surface area contributed by atoms with Crippen molar-refractivity contribution in [1.29, 1.82) is 0 Å². The number of anilines is 1. The molecule has 20 heavy (non-hydrogen) atoms. The molecule has 2 aromatic rings. The molecule has 5 heteroatoms. The second-order valence-electron chi connectivity index (χ2n) is 5.36. The van der Waals surface area contributed by atoms with Gasteiger partial charge in [0, 0.05) is 38.2 Å². The van der Waals surface area contributed by atoms with Gasteiger partial charge in [0.15, 0.2) is 0 Å². The van der Waals surface area contributed by atoms with E-state index >= 15 is 0 Å². The predicted octanol–water partition coefficient (Wildman–Crippen LogP) is 2.16. The first kappa shape index (κ1) is 13.1. The van der Waals surface area contributed by atoms with E-state index in [1.165, 1.54) is 12.1 Å². The molecule has 1 atom stereocenters. The molecule has 3 rings (SSSR count). The summed E-state index contributed by atoms with van der Waals surface area (Å²) in [7, 11) is 0. The summed E-state index contributed by atoms with van der Waals surface area (Å²) in [6, 6.07) is 8.70. The van der Waals surface area contributed by atoms with E-state index < -0.39 is 0 Å². The maximum Gasteiger partial charge on any atom is 0.124 e. The number of halogens is 1. The van der Waals surface area contributed by atoms with Crippen LogP contribution in [0.2, 0.25) is 0 Å². The summed E-state index contributed by atoms with van der Waals surface area (Å²) in [4.78, 5) is 0. The van der Waals surface area contributed by atoms with Crippen LogP contribution < -0.4 is 10.6 Å². The number of benzene rings is 1. The maximum absolute atomic E-state index is 12.8. The number of nitrogens with one attached hydrogen (secondary N) is 2. The number of fused-ring (bicyclic) bond motifs is 1. The maximum atomic E-state index is 12.8. The van der Waals surface area contributed by atoms with Gasteiger partial charge in [-0.05, 0) is 24.6 Å². The number of hydrogen-bond donors (Lipinski definition) is 2. The van der Waals surface area contributed by atoms with E-state index in [9.17, 15) is 4.39 Å². The van der Waals surface area contributed by atoms with Crippen LogP contribution in [0.25, 0.3) is 0 Å². The van der Waals surface area contributed by atoms with Gasteiger partial charge in [-0.15, -0.1) is 0 Å². The fourth-order valence-corrected chi connectivity index (χ4v) is 2.54. The van der Waals surface area contributed by atoms with Gasteiger partial charge < -0.3 is 10.6 Å². The Morgan fingerprint density at radius 1 is 1.40 bits per heavy atom. The second kappa shape index (κ2) is 5.63. The van der Waals surface area contributed by atoms with Gasteiger partial charge >= 0.3 is 0 Å². The van der Waals surface area contributed by atoms with Gasteiger partial charge in [0.05, 0.1) is 5.69 Å². The first-order valence-electron chi connectivity index (χ1n) is 6.94. The van der Waals surface area contributed by atoms with Gasteiger partial charge in [-0.3, -0.25) is 0 Å². The SMILES string of the molecule is Cc1cc2n(n1)C[C@H](CNCc1ccc(F)cc1)CN2. The van der Waals surface area contributed by atoms with Gasteiger partial charge in [-0.25, -0.2) is 9.07 Å². The smallest absolute Gasteiger partial charge is 0.124 e. The molecule has 1 aliphatic heterocycles. The quantitative estimate of drug-likeness (QED) is 0.898. The predicted molar refractivity (Wildman–Crippen MR) is 77.1 cm³/mol. The van der Waals surface area contributed by atoms with Crippen molar-refractivity contribution in [2.45, 2.75) is 20.0 Å². The third kappa shape index (κ3) is 2.99. The molecule has 0 saturated carbocycles. The van der Waals surface area contributed by atoms with Crippen molar-refractivity contribution in [2.24, 2.45) is 5.92 Å². The van der Waals surface area contributed by atoms with E-state index in [1.54, 1.807) is 0 Å². The van der Waals surface area contributed by atoms with Crippen LogP contribution in [0.15, 0.2) is 30.3 Å². The summed E-state index contributed by atoms with van der Waals surface area (Å²) in [6.07, 6.45) is 0. The van der Waals surface area contributed by atoms with Crippen LogP contribution in [0.1, 0.15) is 11.3 Å². The van der Waals surface area contributed by atoms with Gasteiger partial charge in [-0.1, -0.05) is 12.1 Å². The number of nitrogens with zero attached hydrogens (tertiary/aromatic N) is 2. The zero-order chi connectivity index (χ0) is 13.9. The number of rotatable bonds is 4. The molecule has 2 N–H and O–H groups in total. The normalized spacial score (nSPS) is 17.6. The summed E-state index contributed by atoms with van der Waals surface area (Å²) in [6.45, 7) is 5.59. The van der Waals surface area contributed by atoms with Crippen molar-refractivity contribution in [3.63, 3.8) is 0 Å². The van der Waals surface area contributed by atoms with Crippen LogP contribution >= 0.6 is 0 Å². The topological polar surface area (TPSA) is 41.9 Å². The minimum absolute atomic E-state index is 0.188. The van der Waals surface area contributed by atoms with Crippen molar-refractivity contribution < 1.29 is 4.39 Å². The Bertz CT molecular complexity index is 576. The largest absolute Gasteiger partial charge is 0.370 e. The molecule has 0 radical (unpaired) electrons. The summed E-state index contributed by atoms with van der Waals surface area (Å²) in [5.41, 5.74) is 2.15. The lowest BCUT2D eigenvalue weighted by Crippen LogP contribution is -2.35. The summed E-state index contributed by atoms with van der Waals surface area (Å²) in [5.74, 6) is 1.44. The Balaban J connectivity index is 1.49. The van der Waals surface area contributed by atoms with E-state index in [-0.39, 0.29) is 5.82 Å². The molecule has 4 nitrogen and oxygen atoms in total. The van der Waals surface area contributed by atoms with Crippen LogP contribution in [0, 0.1) is 18.7 Å². The minimum atomic E-state index is -0.188. The van der Waals surface area contributed by atoms with E-state index in [1.807, 2.05) is 23.7 Å². The van der Waals surface area contributed by atoms with Crippen LogP contribution in [0.5, 0.6) is 0 Å². The van der Waals surface area contributed by atoms with E-state index in [0.29, 0.717) is 5.92 Å². The summed E-state index contributed by atoms with van der Waals surface area (Å²) in [5, 5.41) is 11.3. The molecule has 1 aromatic carbocycles. The molecule has 106 valence electrons. The van der Waals surface area contributed by atoms with Gasteiger partial charge in [0.1, 0.15) is 11.6 Å². The third-order valence-corrected chi connectivity index (χ3v) is 3.58. The summed E-state index contributed by atoms with van der Waals surface area (Å²) >= 11 is 0. The average molecular weight is 274 g/mol. The van der Waals surface area contributed by atoms with Crippen molar-refractivity contribution in [2.75, 3.05) is 18.4 Å². The molecule has 0 saturated heterocycles. The minimum Gasteiger partial charge on any atom is -0.370 e. The van der Waals surface area contributed by atoms with Crippen LogP contribution in [-0.4, -0.2) is 22.9 Å². The highest BCUT2D eigenvalue weighted by Crippen LogP contribution is 2.18. The monoisotopic (exact) mass is 274 g/mol. The van der Waals surface area contributed by atoms with Crippen molar-refractivity contribution in [3.05, 3.63) is 47.4 Å². The second-order valence-corrected chi connectivity index (χ2v) is 5.36. The molecule has 1 aliphatic rings. The molecule has 0 amide bonds. The first-order chi connectivity index (χ1) is 9.70. The lowest BCUT2D eigenvalue weighted by Gasteiger charge is -2.25. The van der Waals surface area contributed by atoms with Gasteiger partial charge in [0.2, 0.25) is 0 Å². The molecular weight excluding hydrogens is 255 g/mol. The highest BCUT2D eigenvalue weighted by atomic mass is 19.1. The summed E-state index contributed by atoms with van der Waals surface area (Å²) < 4.78 is 14.8. The standard InChI is InChI=1S/C15H19FN4/c1-11-6-15-18-9-13(10-20(15)19-11)8-17-7-12-2-4-14(16)5-3-12/h2-6,13,17-18H,7-10H2,1H3/t13-/m1/s1. The Hall–Kier alpha value is -1.88. The van der Waals surface area contributed by atoms with E-state index in [4.69, 9.17) is 0 Å². The molecule has 2 heterocycles. The van der Waals surface area contributed by atoms with Crippen molar-refractivity contribution >= 4 is 5.82 Å². The fraction of sp³-hybridized carbons (Fsp3) is 0.400. The Kier molecular flexibility index (Phi) is 3.69. The van der Waals surface area contributed by atoms with Crippen LogP contribution in [-0.2, 0) is 13.1 Å². The van der Waals surface area contributed by atoms with Crippen molar-refractivity contribution in [1.82, 2.24) is 15.1 Å². The van der Waals surface area contributed by atoms with Crippen LogP contribution in [0.3, 0.4) is 0 Å². The van der Waals surface area contributed by atoms with E-state index in [2.05, 4.69) is 21.8 Å². The number of hydrogen-bond acceptors (Lipinski definition) is 3. The Morgan fingerprint density at radius 3 is 3.00 bits per heavy atom. The lowest BCUT2D eigenvalue weighted by molar-refractivity contribution is 0.390. The van der Waals surface area contributed by atoms with Crippen LogP contribution in [0.4, 0.5) is 10.2 Å². The molecule has 0 spiro atoms. The van der Waals surface area contributed by atoms with E-state index in [0.717, 1.165) is 43.3 Å². The number of aromatic nitrogens is 2. The third-order valence-electron chi connectivity index (χ3n) is 3.58.